The third-order valence-corrected chi connectivity index (χ3v) is 5.99. The van der Waals surface area contributed by atoms with Crippen molar-refractivity contribution in [1.82, 2.24) is 9.88 Å². The van der Waals surface area contributed by atoms with Crippen LogP contribution in [0.4, 0.5) is 0 Å². The van der Waals surface area contributed by atoms with Crippen molar-refractivity contribution in [2.45, 2.75) is 57.9 Å². The Morgan fingerprint density at radius 1 is 1.35 bits per heavy atom. The summed E-state index contributed by atoms with van der Waals surface area (Å²) in [4.78, 5) is 18.9. The summed E-state index contributed by atoms with van der Waals surface area (Å²) >= 11 is 0. The van der Waals surface area contributed by atoms with Crippen molar-refractivity contribution in [3.8, 4) is 0 Å². The highest BCUT2D eigenvalue weighted by Gasteiger charge is 2.46. The number of nitrogens with zero attached hydrogens (tertiary/aromatic N) is 1. The van der Waals surface area contributed by atoms with Gasteiger partial charge >= 0.3 is 0 Å². The molecular formula is C20H26N2O. The van der Waals surface area contributed by atoms with Gasteiger partial charge in [0.1, 0.15) is 0 Å². The molecular weight excluding hydrogens is 284 g/mol. The molecule has 2 aliphatic rings. The molecule has 3 heterocycles. The van der Waals surface area contributed by atoms with E-state index < -0.39 is 0 Å². The summed E-state index contributed by atoms with van der Waals surface area (Å²) in [5, 5.41) is 1.34. The van der Waals surface area contributed by atoms with Crippen LogP contribution in [-0.2, 0) is 16.8 Å². The topological polar surface area (TPSA) is 36.1 Å². The van der Waals surface area contributed by atoms with Crippen molar-refractivity contribution in [1.29, 1.82) is 0 Å². The van der Waals surface area contributed by atoms with Crippen molar-refractivity contribution in [2.75, 3.05) is 6.54 Å². The fraction of sp³-hybridized carbons (Fsp3) is 0.550. The number of H-pyrrole nitrogens is 1. The number of carbonyl (C=O) groups excluding carboxylic acids is 1. The van der Waals surface area contributed by atoms with E-state index in [4.69, 9.17) is 0 Å². The van der Waals surface area contributed by atoms with Gasteiger partial charge in [-0.1, -0.05) is 31.5 Å². The third kappa shape index (κ3) is 2.13. The highest BCUT2D eigenvalue weighted by molar-refractivity contribution is 5.86. The molecule has 1 saturated heterocycles. The number of amides is 1. The highest BCUT2D eigenvalue weighted by Crippen LogP contribution is 2.45. The van der Waals surface area contributed by atoms with Crippen molar-refractivity contribution < 1.29 is 4.79 Å². The summed E-state index contributed by atoms with van der Waals surface area (Å²) in [6.07, 6.45) is 6.35. The van der Waals surface area contributed by atoms with Crippen LogP contribution in [0.3, 0.4) is 0 Å². The molecule has 0 radical (unpaired) electrons. The summed E-state index contributed by atoms with van der Waals surface area (Å²) < 4.78 is 0. The Morgan fingerprint density at radius 3 is 3.00 bits per heavy atom. The Balaban J connectivity index is 1.82. The van der Waals surface area contributed by atoms with Gasteiger partial charge in [-0.05, 0) is 50.7 Å². The van der Waals surface area contributed by atoms with Gasteiger partial charge in [0.25, 0.3) is 0 Å². The number of carbonyl (C=O) groups is 1. The van der Waals surface area contributed by atoms with Crippen LogP contribution in [0.5, 0.6) is 0 Å². The molecule has 0 aliphatic carbocycles. The molecule has 2 aromatic rings. The first-order valence-electron chi connectivity index (χ1n) is 9.06. The van der Waals surface area contributed by atoms with E-state index in [1.165, 1.54) is 22.2 Å². The Kier molecular flexibility index (Phi) is 3.47. The first-order chi connectivity index (χ1) is 11.1. The zero-order valence-corrected chi connectivity index (χ0v) is 14.2. The van der Waals surface area contributed by atoms with Crippen molar-refractivity contribution in [3.63, 3.8) is 0 Å². The number of hydrogen-bond donors (Lipinski definition) is 1. The van der Waals surface area contributed by atoms with Crippen LogP contribution >= 0.6 is 0 Å². The fourth-order valence-electron chi connectivity index (χ4n) is 4.74. The Hall–Kier alpha value is -1.77. The highest BCUT2D eigenvalue weighted by atomic mass is 16.2. The number of aromatic amines is 1. The third-order valence-electron chi connectivity index (χ3n) is 5.99. The first kappa shape index (κ1) is 14.8. The average Bonchev–Trinajstić information content (AvgIpc) is 2.86. The predicted molar refractivity (Wildman–Crippen MR) is 93.3 cm³/mol. The van der Waals surface area contributed by atoms with E-state index in [1.54, 1.807) is 0 Å². The molecule has 122 valence electrons. The quantitative estimate of drug-likeness (QED) is 0.878. The maximum Gasteiger partial charge on any atom is 0.226 e. The van der Waals surface area contributed by atoms with Crippen LogP contribution < -0.4 is 0 Å². The van der Waals surface area contributed by atoms with Crippen LogP contribution in [0, 0.1) is 5.92 Å². The summed E-state index contributed by atoms with van der Waals surface area (Å²) in [5.41, 5.74) is 3.78. The maximum atomic E-state index is 13.0. The number of aryl methyl sites for hydroxylation is 1. The second-order valence-corrected chi connectivity index (χ2v) is 7.42. The van der Waals surface area contributed by atoms with Crippen LogP contribution in [-0.4, -0.2) is 22.3 Å². The summed E-state index contributed by atoms with van der Waals surface area (Å²) in [6.45, 7) is 5.35. The van der Waals surface area contributed by atoms with E-state index in [0.29, 0.717) is 5.91 Å². The van der Waals surface area contributed by atoms with Crippen LogP contribution in [0.15, 0.2) is 24.3 Å². The van der Waals surface area contributed by atoms with E-state index in [2.05, 4.69) is 48.0 Å². The molecule has 2 unspecified atom stereocenters. The van der Waals surface area contributed by atoms with Crippen LogP contribution in [0.1, 0.15) is 57.2 Å². The molecule has 0 bridgehead atoms. The minimum Gasteiger partial charge on any atom is -0.356 e. The van der Waals surface area contributed by atoms with Gasteiger partial charge in [-0.2, -0.15) is 0 Å². The second kappa shape index (κ2) is 5.40. The summed E-state index contributed by atoms with van der Waals surface area (Å²) in [6, 6.07) is 8.57. The maximum absolute atomic E-state index is 13.0. The zero-order chi connectivity index (χ0) is 16.0. The van der Waals surface area contributed by atoms with Crippen LogP contribution in [0.2, 0.25) is 0 Å². The van der Waals surface area contributed by atoms with Gasteiger partial charge in [-0.25, -0.2) is 0 Å². The molecule has 23 heavy (non-hydrogen) atoms. The smallest absolute Gasteiger partial charge is 0.226 e. The SMILES string of the molecule is CCCC1CCC2(C)c3[nH]c4ccccc4c3CCCN2C1=O. The molecule has 1 fully saturated rings. The molecule has 1 aromatic carbocycles. The van der Waals surface area contributed by atoms with Gasteiger partial charge in [0, 0.05) is 29.1 Å². The molecule has 1 N–H and O–H groups in total. The Bertz CT molecular complexity index is 747. The molecule has 1 aromatic heterocycles. The fourth-order valence-corrected chi connectivity index (χ4v) is 4.74. The van der Waals surface area contributed by atoms with Crippen molar-refractivity contribution in [3.05, 3.63) is 35.5 Å². The minimum absolute atomic E-state index is 0.161. The van der Waals surface area contributed by atoms with E-state index in [9.17, 15) is 4.79 Å². The van der Waals surface area contributed by atoms with Gasteiger partial charge in [0.05, 0.1) is 5.54 Å². The number of piperidine rings is 1. The van der Waals surface area contributed by atoms with Gasteiger partial charge in [0.2, 0.25) is 5.91 Å². The van der Waals surface area contributed by atoms with E-state index >= 15 is 0 Å². The van der Waals surface area contributed by atoms with Crippen molar-refractivity contribution >= 4 is 16.8 Å². The van der Waals surface area contributed by atoms with E-state index in [-0.39, 0.29) is 11.5 Å². The minimum atomic E-state index is -0.161. The predicted octanol–water partition coefficient (Wildman–Crippen LogP) is 4.37. The molecule has 1 amide bonds. The Morgan fingerprint density at radius 2 is 2.17 bits per heavy atom. The molecule has 3 heteroatoms. The number of aromatic nitrogens is 1. The molecule has 3 nitrogen and oxygen atoms in total. The lowest BCUT2D eigenvalue weighted by Gasteiger charge is -2.46. The van der Waals surface area contributed by atoms with Gasteiger partial charge in [0.15, 0.2) is 0 Å². The largest absolute Gasteiger partial charge is 0.356 e. The van der Waals surface area contributed by atoms with Crippen LogP contribution in [0.25, 0.3) is 10.9 Å². The first-order valence-corrected chi connectivity index (χ1v) is 9.06. The lowest BCUT2D eigenvalue weighted by molar-refractivity contribution is -0.148. The molecule has 0 saturated carbocycles. The molecule has 0 spiro atoms. The lowest BCUT2D eigenvalue weighted by atomic mass is 9.78. The molecule has 2 aliphatic heterocycles. The molecule has 4 rings (SSSR count). The van der Waals surface area contributed by atoms with Gasteiger partial charge < -0.3 is 9.88 Å². The number of fused-ring (bicyclic) bond motifs is 5. The summed E-state index contributed by atoms with van der Waals surface area (Å²) in [7, 11) is 0. The number of hydrogen-bond acceptors (Lipinski definition) is 1. The monoisotopic (exact) mass is 310 g/mol. The molecule has 2 atom stereocenters. The zero-order valence-electron chi connectivity index (χ0n) is 14.2. The van der Waals surface area contributed by atoms with Gasteiger partial charge in [-0.3, -0.25) is 4.79 Å². The lowest BCUT2D eigenvalue weighted by Crippen LogP contribution is -2.53. The van der Waals surface area contributed by atoms with Crippen molar-refractivity contribution in [2.24, 2.45) is 5.92 Å². The number of para-hydroxylation sites is 1. The second-order valence-electron chi connectivity index (χ2n) is 7.42. The summed E-state index contributed by atoms with van der Waals surface area (Å²) in [5.74, 6) is 0.617. The van der Waals surface area contributed by atoms with E-state index in [1.807, 2.05) is 0 Å². The Labute approximate surface area is 138 Å². The van der Waals surface area contributed by atoms with Gasteiger partial charge in [-0.15, -0.1) is 0 Å². The number of rotatable bonds is 2. The number of nitrogens with one attached hydrogen (secondary N) is 1. The standard InChI is InChI=1S/C20H26N2O/c1-3-7-14-11-12-20(2)18-16(9-6-13-22(20)19(14)23)15-8-4-5-10-17(15)21-18/h4-5,8,10,14,21H,3,6-7,9,11-13H2,1-2H3. The number of benzene rings is 1. The van der Waals surface area contributed by atoms with E-state index in [0.717, 1.165) is 45.1 Å². The average molecular weight is 310 g/mol. The normalized spacial score (nSPS) is 27.7.